The molecule has 2 atom stereocenters. The van der Waals surface area contributed by atoms with Crippen LogP contribution in [0.1, 0.15) is 18.9 Å². The molecule has 2 heterocycles. The molecule has 0 aliphatic carbocycles. The Morgan fingerprint density at radius 2 is 2.00 bits per heavy atom. The van der Waals surface area contributed by atoms with Gasteiger partial charge >= 0.3 is 7.52 Å². The van der Waals surface area contributed by atoms with Crippen LogP contribution in [0.4, 0.5) is 15.8 Å². The van der Waals surface area contributed by atoms with Crippen LogP contribution in [0, 0.1) is 5.82 Å². The second kappa shape index (κ2) is 9.32. The zero-order chi connectivity index (χ0) is 26.4. The highest BCUT2D eigenvalue weighted by atomic mass is 32.2. The van der Waals surface area contributed by atoms with Crippen LogP contribution in [0.5, 0.6) is 5.75 Å². The number of anilines is 2. The maximum absolute atomic E-state index is 14.1. The average molecular weight is 538 g/mol. The molecule has 11 nitrogen and oxygen atoms in total. The van der Waals surface area contributed by atoms with Crippen molar-refractivity contribution in [1.82, 2.24) is 4.57 Å². The Bertz CT molecular complexity index is 1620. The third-order valence-electron chi connectivity index (χ3n) is 5.70. The van der Waals surface area contributed by atoms with Crippen LogP contribution in [-0.4, -0.2) is 48.3 Å². The minimum Gasteiger partial charge on any atom is -0.506 e. The van der Waals surface area contributed by atoms with E-state index < -0.39 is 40.2 Å². The van der Waals surface area contributed by atoms with Gasteiger partial charge in [0.2, 0.25) is 10.0 Å². The molecule has 14 heteroatoms. The molecule has 4 rings (SSSR count). The number of methoxy groups -OCH3 is 1. The number of aromatic nitrogens is 1. The molecular weight excluding hydrogens is 514 g/mol. The van der Waals surface area contributed by atoms with E-state index in [1.54, 1.807) is 0 Å². The first-order chi connectivity index (χ1) is 16.8. The molecule has 0 saturated heterocycles. The van der Waals surface area contributed by atoms with Gasteiger partial charge in [0, 0.05) is 24.7 Å². The lowest BCUT2D eigenvalue weighted by molar-refractivity contribution is 0.107. The first-order valence-corrected chi connectivity index (χ1v) is 14.2. The molecule has 0 fully saturated rings. The van der Waals surface area contributed by atoms with Crippen molar-refractivity contribution in [3.8, 4) is 5.75 Å². The van der Waals surface area contributed by atoms with E-state index in [2.05, 4.69) is 14.8 Å². The molecule has 3 aromatic rings. The summed E-state index contributed by atoms with van der Waals surface area (Å²) in [6, 6.07) is 7.44. The summed E-state index contributed by atoms with van der Waals surface area (Å²) in [7, 11) is -6.63. The summed E-state index contributed by atoms with van der Waals surface area (Å²) in [6.45, 7) is 1.97. The van der Waals surface area contributed by atoms with Crippen molar-refractivity contribution in [3.05, 3.63) is 58.1 Å². The molecule has 1 aromatic heterocycles. The van der Waals surface area contributed by atoms with Gasteiger partial charge in [-0.2, -0.15) is 4.76 Å². The van der Waals surface area contributed by atoms with Crippen LogP contribution in [0.15, 0.2) is 46.0 Å². The van der Waals surface area contributed by atoms with E-state index in [9.17, 15) is 32.2 Å². The number of benzene rings is 2. The number of hydrogen-bond acceptors (Lipinski definition) is 7. The van der Waals surface area contributed by atoms with Crippen molar-refractivity contribution in [2.45, 2.75) is 26.0 Å². The third kappa shape index (κ3) is 5.00. The third-order valence-corrected chi connectivity index (χ3v) is 7.78. The van der Waals surface area contributed by atoms with E-state index in [0.717, 1.165) is 24.5 Å². The summed E-state index contributed by atoms with van der Waals surface area (Å²) < 4.78 is 62.9. The van der Waals surface area contributed by atoms with Gasteiger partial charge < -0.3 is 24.6 Å². The van der Waals surface area contributed by atoms with Gasteiger partial charge in [0.05, 0.1) is 28.9 Å². The van der Waals surface area contributed by atoms with E-state index in [1.807, 2.05) is 6.92 Å². The monoisotopic (exact) mass is 538 g/mol. The molecule has 1 aliphatic rings. The predicted molar refractivity (Wildman–Crippen MR) is 135 cm³/mol. The van der Waals surface area contributed by atoms with Gasteiger partial charge in [-0.15, -0.1) is 0 Å². The highest BCUT2D eigenvalue weighted by Gasteiger charge is 2.34. The van der Waals surface area contributed by atoms with Crippen molar-refractivity contribution in [2.75, 3.05) is 23.4 Å². The van der Waals surface area contributed by atoms with Gasteiger partial charge in [-0.25, -0.2) is 12.8 Å². The van der Waals surface area contributed by atoms with E-state index in [1.165, 1.54) is 29.9 Å². The number of rotatable bonds is 7. The molecule has 36 heavy (non-hydrogen) atoms. The van der Waals surface area contributed by atoms with Gasteiger partial charge in [-0.3, -0.25) is 14.1 Å². The molecule has 0 bridgehead atoms. The second-order valence-electron chi connectivity index (χ2n) is 8.40. The number of nitrogens with one attached hydrogen (secondary N) is 2. The number of aryl methyl sites for hydroxylation is 1. The molecule has 0 saturated carbocycles. The van der Waals surface area contributed by atoms with Crippen LogP contribution in [0.3, 0.4) is 0 Å². The summed E-state index contributed by atoms with van der Waals surface area (Å²) in [5, 5.41) is 13.6. The quantitative estimate of drug-likeness (QED) is 0.334. The van der Waals surface area contributed by atoms with Gasteiger partial charge in [-0.1, -0.05) is 0 Å². The molecule has 2 aromatic carbocycles. The van der Waals surface area contributed by atoms with Crippen LogP contribution in [0.2, 0.25) is 0 Å². The van der Waals surface area contributed by atoms with E-state index in [4.69, 9.17) is 4.74 Å². The Morgan fingerprint density at radius 3 is 2.67 bits per heavy atom. The fourth-order valence-electron chi connectivity index (χ4n) is 3.89. The van der Waals surface area contributed by atoms with Crippen LogP contribution in [0.25, 0.3) is 10.9 Å². The van der Waals surface area contributed by atoms with Crippen molar-refractivity contribution < 1.29 is 32.1 Å². The first-order valence-electron chi connectivity index (χ1n) is 10.7. The fourth-order valence-corrected chi connectivity index (χ4v) is 5.72. The average Bonchev–Trinajstić information content (AvgIpc) is 2.78. The number of pyridine rings is 1. The molecule has 0 amide bonds. The normalized spacial score (nSPS) is 18.3. The number of halogens is 1. The van der Waals surface area contributed by atoms with Gasteiger partial charge in [0.1, 0.15) is 17.1 Å². The Balaban J connectivity index is 1.89. The van der Waals surface area contributed by atoms with Crippen LogP contribution >= 0.6 is 7.52 Å². The van der Waals surface area contributed by atoms with Gasteiger partial charge in [-0.05, 0) is 49.7 Å². The number of aromatic hydroxyl groups is 1. The Labute approximate surface area is 205 Å². The molecule has 0 spiro atoms. The summed E-state index contributed by atoms with van der Waals surface area (Å²) in [5.41, 5.74) is -0.713. The minimum atomic E-state index is -4.51. The fraction of sp³-hybridized carbons (Fsp3) is 0.273. The standard InChI is InChI=1S/C22H24FN4O7PS/c1-12(34-2)8-9-27-17-7-4-13(23)10-15(17)20(28)19(22(27)29)21-24-16-6-5-14(26-36(3,32)33)11-18(16)35(30,31)25-21/h4-7,10-12,26,28H,8-9H2,1-3H3,(H2,24,25,30,31). The number of fused-ring (bicyclic) bond motifs is 2. The SMILES string of the molecule is COC(C)CCn1c(=O)c(C2=NP(=O)(O)c3cc(NS(C)(=O)=O)ccc3N2)c(O)c2cc(F)ccc21. The highest BCUT2D eigenvalue weighted by molar-refractivity contribution is 7.92. The lowest BCUT2D eigenvalue weighted by Gasteiger charge is -2.24. The largest absolute Gasteiger partial charge is 0.506 e. The Morgan fingerprint density at radius 1 is 1.28 bits per heavy atom. The number of hydrogen-bond donors (Lipinski definition) is 4. The maximum Gasteiger partial charge on any atom is 0.346 e. The van der Waals surface area contributed by atoms with Crippen molar-refractivity contribution in [2.24, 2.45) is 4.76 Å². The van der Waals surface area contributed by atoms with Crippen molar-refractivity contribution in [3.63, 3.8) is 0 Å². The number of ether oxygens (including phenoxy) is 1. The second-order valence-corrected chi connectivity index (χ2v) is 11.9. The summed E-state index contributed by atoms with van der Waals surface area (Å²) in [4.78, 5) is 24.2. The minimum absolute atomic E-state index is 0.0189. The number of nitrogens with zero attached hydrogens (tertiary/aromatic N) is 2. The maximum atomic E-state index is 14.1. The molecule has 0 radical (unpaired) electrons. The highest BCUT2D eigenvalue weighted by Crippen LogP contribution is 2.47. The summed E-state index contributed by atoms with van der Waals surface area (Å²) >= 11 is 0. The molecule has 2 unspecified atom stereocenters. The van der Waals surface area contributed by atoms with Gasteiger partial charge in [0.25, 0.3) is 5.56 Å². The number of sulfonamides is 1. The van der Waals surface area contributed by atoms with E-state index >= 15 is 0 Å². The van der Waals surface area contributed by atoms with Crippen molar-refractivity contribution >= 4 is 51.0 Å². The predicted octanol–water partition coefficient (Wildman–Crippen LogP) is 2.33. The van der Waals surface area contributed by atoms with E-state index in [0.29, 0.717) is 6.42 Å². The Hall–Kier alpha value is -3.25. The molecule has 4 N–H and O–H groups in total. The van der Waals surface area contributed by atoms with Crippen LogP contribution < -0.4 is 20.9 Å². The first kappa shape index (κ1) is 25.8. The summed E-state index contributed by atoms with van der Waals surface area (Å²) in [5.74, 6) is -1.63. The molecule has 192 valence electrons. The smallest absolute Gasteiger partial charge is 0.346 e. The van der Waals surface area contributed by atoms with Crippen LogP contribution in [-0.2, 0) is 25.9 Å². The van der Waals surface area contributed by atoms with Gasteiger partial charge in [0.15, 0.2) is 5.84 Å². The lowest BCUT2D eigenvalue weighted by Crippen LogP contribution is -2.34. The van der Waals surface area contributed by atoms with E-state index in [-0.39, 0.29) is 46.1 Å². The molecule has 1 aliphatic heterocycles. The number of amidine groups is 1. The van der Waals surface area contributed by atoms with Crippen molar-refractivity contribution in [1.29, 1.82) is 0 Å². The summed E-state index contributed by atoms with van der Waals surface area (Å²) in [6.07, 6.45) is 1.15. The Kier molecular flexibility index (Phi) is 6.69. The lowest BCUT2D eigenvalue weighted by atomic mass is 10.1. The zero-order valence-electron chi connectivity index (χ0n) is 19.5. The zero-order valence-corrected chi connectivity index (χ0v) is 21.2. The topological polar surface area (TPSA) is 159 Å². The molecular formula is C22H24FN4O7PS.